The maximum absolute atomic E-state index is 13.0. The van der Waals surface area contributed by atoms with Crippen molar-refractivity contribution in [1.82, 2.24) is 28.8 Å². The summed E-state index contributed by atoms with van der Waals surface area (Å²) in [5, 5.41) is 0.294. The highest BCUT2D eigenvalue weighted by Gasteiger charge is 2.26. The van der Waals surface area contributed by atoms with E-state index in [1.54, 1.807) is 11.0 Å². The molecule has 10 heteroatoms. The van der Waals surface area contributed by atoms with Crippen molar-refractivity contribution in [2.45, 2.75) is 19.3 Å². The molecule has 2 aromatic rings. The Balaban J connectivity index is 1.43. The van der Waals surface area contributed by atoms with Crippen molar-refractivity contribution in [2.24, 2.45) is 14.1 Å². The van der Waals surface area contributed by atoms with Crippen LogP contribution >= 0.6 is 0 Å². The van der Waals surface area contributed by atoms with E-state index in [2.05, 4.69) is 9.88 Å². The van der Waals surface area contributed by atoms with E-state index in [0.29, 0.717) is 38.1 Å². The van der Waals surface area contributed by atoms with Gasteiger partial charge in [-0.3, -0.25) is 28.4 Å². The van der Waals surface area contributed by atoms with Gasteiger partial charge in [-0.15, -0.1) is 0 Å². The third-order valence-corrected chi connectivity index (χ3v) is 6.25. The Hall–Kier alpha value is -3.01. The molecule has 0 radical (unpaired) electrons. The zero-order valence-electron chi connectivity index (χ0n) is 18.0. The van der Waals surface area contributed by atoms with Crippen molar-refractivity contribution in [2.75, 3.05) is 45.8 Å². The molecule has 0 aromatic carbocycles. The minimum atomic E-state index is -0.485. The molecule has 2 fully saturated rings. The van der Waals surface area contributed by atoms with Crippen LogP contribution < -0.4 is 11.2 Å². The third-order valence-electron chi connectivity index (χ3n) is 6.25. The lowest BCUT2D eigenvalue weighted by molar-refractivity contribution is -0.133. The van der Waals surface area contributed by atoms with Crippen LogP contribution in [0.1, 0.15) is 29.8 Å². The summed E-state index contributed by atoms with van der Waals surface area (Å²) >= 11 is 0. The number of fused-ring (bicyclic) bond motifs is 1. The maximum atomic E-state index is 13.0. The molecule has 4 rings (SSSR count). The molecule has 0 atom stereocenters. The normalized spacial score (nSPS) is 17.9. The summed E-state index contributed by atoms with van der Waals surface area (Å²) in [6.45, 7) is 4.33. The summed E-state index contributed by atoms with van der Waals surface area (Å²) in [5.74, 6) is -0.0739. The molecule has 166 valence electrons. The van der Waals surface area contributed by atoms with Gasteiger partial charge in [0.2, 0.25) is 5.91 Å². The molecule has 2 amide bonds. The van der Waals surface area contributed by atoms with Crippen LogP contribution in [0.2, 0.25) is 0 Å². The molecule has 4 heterocycles. The average molecular weight is 428 g/mol. The lowest BCUT2D eigenvalue weighted by atomic mass is 10.1. The van der Waals surface area contributed by atoms with Crippen LogP contribution in [0.25, 0.3) is 11.0 Å². The largest absolute Gasteiger partial charge is 0.342 e. The number of piperidine rings is 1. The highest BCUT2D eigenvalue weighted by Crippen LogP contribution is 2.13. The Bertz CT molecular complexity index is 1120. The van der Waals surface area contributed by atoms with Crippen molar-refractivity contribution in [1.29, 1.82) is 0 Å². The second-order valence-corrected chi connectivity index (χ2v) is 8.28. The number of aryl methyl sites for hydroxylation is 1. The number of hydrogen-bond donors (Lipinski definition) is 0. The molecule has 10 nitrogen and oxygen atoms in total. The van der Waals surface area contributed by atoms with Crippen LogP contribution in [0.15, 0.2) is 21.7 Å². The van der Waals surface area contributed by atoms with Gasteiger partial charge in [-0.25, -0.2) is 9.78 Å². The number of piperazine rings is 1. The zero-order valence-corrected chi connectivity index (χ0v) is 18.0. The van der Waals surface area contributed by atoms with Crippen molar-refractivity contribution < 1.29 is 9.59 Å². The van der Waals surface area contributed by atoms with E-state index < -0.39 is 11.2 Å². The number of carbonyl (C=O) groups is 2. The van der Waals surface area contributed by atoms with Gasteiger partial charge < -0.3 is 9.80 Å². The van der Waals surface area contributed by atoms with Gasteiger partial charge in [0.05, 0.1) is 11.9 Å². The molecule has 2 saturated heterocycles. The monoisotopic (exact) mass is 428 g/mol. The summed E-state index contributed by atoms with van der Waals surface area (Å²) in [6.07, 6.45) is 3.34. The van der Waals surface area contributed by atoms with E-state index in [1.165, 1.54) is 31.1 Å². The smallest absolute Gasteiger partial charge is 0.332 e. The van der Waals surface area contributed by atoms with Crippen LogP contribution in [0.5, 0.6) is 0 Å². The quantitative estimate of drug-likeness (QED) is 0.647. The molecule has 0 spiro atoms. The Labute approximate surface area is 179 Å². The summed E-state index contributed by atoms with van der Waals surface area (Å²) < 4.78 is 2.30. The lowest BCUT2D eigenvalue weighted by Crippen LogP contribution is -2.52. The number of likely N-dealkylation sites (tertiary alicyclic amines) is 1. The first kappa shape index (κ1) is 21.2. The number of rotatable bonds is 3. The highest BCUT2D eigenvalue weighted by molar-refractivity contribution is 5.94. The van der Waals surface area contributed by atoms with Crippen LogP contribution in [-0.4, -0.2) is 86.4 Å². The lowest BCUT2D eigenvalue weighted by Gasteiger charge is -2.36. The van der Waals surface area contributed by atoms with E-state index in [-0.39, 0.29) is 23.2 Å². The molecule has 0 aliphatic carbocycles. The van der Waals surface area contributed by atoms with Gasteiger partial charge in [0.15, 0.2) is 0 Å². The number of nitrogens with zero attached hydrogens (tertiary/aromatic N) is 6. The molecule has 0 bridgehead atoms. The summed E-state index contributed by atoms with van der Waals surface area (Å²) in [4.78, 5) is 60.0. The summed E-state index contributed by atoms with van der Waals surface area (Å²) in [5.41, 5.74) is -0.517. The second kappa shape index (κ2) is 8.62. The Kier molecular flexibility index (Phi) is 5.90. The highest BCUT2D eigenvalue weighted by atomic mass is 16.2. The van der Waals surface area contributed by atoms with Crippen LogP contribution in [0.3, 0.4) is 0 Å². The first-order chi connectivity index (χ1) is 14.9. The first-order valence-corrected chi connectivity index (χ1v) is 10.7. The number of amides is 2. The van der Waals surface area contributed by atoms with Crippen molar-refractivity contribution >= 4 is 22.8 Å². The predicted molar refractivity (Wildman–Crippen MR) is 115 cm³/mol. The standard InChI is InChI=1S/C21H28N6O4/c1-23-18-15(19(29)24(2)21(23)31)6-7-16(22-18)20(30)27-12-10-25(11-13-27)14-17(28)26-8-4-3-5-9-26/h6-7H,3-5,8-14H2,1-2H3. The molecule has 0 unspecified atom stereocenters. The van der Waals surface area contributed by atoms with Crippen LogP contribution in [0, 0.1) is 0 Å². The van der Waals surface area contributed by atoms with Gasteiger partial charge >= 0.3 is 5.69 Å². The Morgan fingerprint density at radius 2 is 1.55 bits per heavy atom. The molecule has 0 N–H and O–H groups in total. The van der Waals surface area contributed by atoms with Crippen LogP contribution in [0.4, 0.5) is 0 Å². The van der Waals surface area contributed by atoms with Crippen molar-refractivity contribution in [3.8, 4) is 0 Å². The molecule has 2 aliphatic heterocycles. The number of aromatic nitrogens is 3. The number of carbonyl (C=O) groups excluding carboxylic acids is 2. The van der Waals surface area contributed by atoms with Crippen molar-refractivity contribution in [3.05, 3.63) is 38.7 Å². The van der Waals surface area contributed by atoms with Gasteiger partial charge in [0.1, 0.15) is 11.3 Å². The van der Waals surface area contributed by atoms with Gasteiger partial charge in [0, 0.05) is 53.4 Å². The SMILES string of the molecule is Cn1c(=O)c2ccc(C(=O)N3CCN(CC(=O)N4CCCCC4)CC3)nc2n(C)c1=O. The molecule has 2 aliphatic rings. The number of pyridine rings is 1. The zero-order chi connectivity index (χ0) is 22.1. The fraction of sp³-hybridized carbons (Fsp3) is 0.571. The number of hydrogen-bond acceptors (Lipinski definition) is 6. The van der Waals surface area contributed by atoms with Gasteiger partial charge in [-0.1, -0.05) is 0 Å². The van der Waals surface area contributed by atoms with E-state index in [9.17, 15) is 19.2 Å². The van der Waals surface area contributed by atoms with E-state index in [1.807, 2.05) is 4.90 Å². The topological polar surface area (TPSA) is 101 Å². The van der Waals surface area contributed by atoms with Gasteiger partial charge in [-0.2, -0.15) is 0 Å². The minimum absolute atomic E-state index is 0.165. The molecule has 0 saturated carbocycles. The Morgan fingerprint density at radius 3 is 2.23 bits per heavy atom. The average Bonchev–Trinajstić information content (AvgIpc) is 2.81. The Morgan fingerprint density at radius 1 is 0.871 bits per heavy atom. The van der Waals surface area contributed by atoms with E-state index in [4.69, 9.17) is 0 Å². The second-order valence-electron chi connectivity index (χ2n) is 8.28. The minimum Gasteiger partial charge on any atom is -0.342 e. The fourth-order valence-electron chi connectivity index (χ4n) is 4.28. The molecule has 31 heavy (non-hydrogen) atoms. The summed E-state index contributed by atoms with van der Waals surface area (Å²) in [7, 11) is 2.95. The molecular formula is C21H28N6O4. The van der Waals surface area contributed by atoms with E-state index in [0.717, 1.165) is 30.5 Å². The summed E-state index contributed by atoms with van der Waals surface area (Å²) in [6, 6.07) is 3.08. The first-order valence-electron chi connectivity index (χ1n) is 10.7. The molecular weight excluding hydrogens is 400 g/mol. The van der Waals surface area contributed by atoms with Crippen molar-refractivity contribution in [3.63, 3.8) is 0 Å². The fourth-order valence-corrected chi connectivity index (χ4v) is 4.28. The predicted octanol–water partition coefficient (Wildman–Crippen LogP) is -0.597. The van der Waals surface area contributed by atoms with Crippen LogP contribution in [-0.2, 0) is 18.9 Å². The maximum Gasteiger partial charge on any atom is 0.332 e. The van der Waals surface area contributed by atoms with Gasteiger partial charge in [-0.05, 0) is 31.4 Å². The molecule has 2 aromatic heterocycles. The van der Waals surface area contributed by atoms with Gasteiger partial charge in [0.25, 0.3) is 11.5 Å². The third kappa shape index (κ3) is 4.12. The van der Waals surface area contributed by atoms with E-state index >= 15 is 0 Å².